The molecule has 0 amide bonds. The van der Waals surface area contributed by atoms with Crippen LogP contribution >= 0.6 is 0 Å². The first-order valence-corrected chi connectivity index (χ1v) is 5.36. The standard InChI is InChI=1S/C14H15N/c1-10-4-3-5-13(6-10)11(2)14-7-12(8-14)9-15/h3-6,12,14H,2,7-8H2,1H3. The monoisotopic (exact) mass is 197 g/mol. The maximum absolute atomic E-state index is 8.72. The van der Waals surface area contributed by atoms with Gasteiger partial charge in [-0.2, -0.15) is 5.26 Å². The van der Waals surface area contributed by atoms with Crippen molar-refractivity contribution in [3.63, 3.8) is 0 Å². The highest BCUT2D eigenvalue weighted by atomic mass is 14.4. The van der Waals surface area contributed by atoms with E-state index in [1.165, 1.54) is 16.7 Å². The molecular formula is C14H15N. The van der Waals surface area contributed by atoms with Gasteiger partial charge in [0.2, 0.25) is 0 Å². The van der Waals surface area contributed by atoms with Gasteiger partial charge >= 0.3 is 0 Å². The lowest BCUT2D eigenvalue weighted by Gasteiger charge is -2.32. The first-order chi connectivity index (χ1) is 7.20. The second-order valence-corrected chi connectivity index (χ2v) is 4.39. The van der Waals surface area contributed by atoms with E-state index in [4.69, 9.17) is 5.26 Å². The van der Waals surface area contributed by atoms with Crippen molar-refractivity contribution in [1.29, 1.82) is 5.26 Å². The summed E-state index contributed by atoms with van der Waals surface area (Å²) in [7, 11) is 0. The van der Waals surface area contributed by atoms with Crippen LogP contribution in [0.15, 0.2) is 30.8 Å². The summed E-state index contributed by atoms with van der Waals surface area (Å²) < 4.78 is 0. The first kappa shape index (κ1) is 9.98. The van der Waals surface area contributed by atoms with Gasteiger partial charge in [-0.15, -0.1) is 0 Å². The molecule has 1 nitrogen and oxygen atoms in total. The summed E-state index contributed by atoms with van der Waals surface area (Å²) >= 11 is 0. The molecule has 1 saturated carbocycles. The minimum absolute atomic E-state index is 0.261. The van der Waals surface area contributed by atoms with Gasteiger partial charge in [0, 0.05) is 5.92 Å². The molecule has 0 spiro atoms. The van der Waals surface area contributed by atoms with E-state index in [1.807, 2.05) is 0 Å². The van der Waals surface area contributed by atoms with Gasteiger partial charge in [-0.1, -0.05) is 36.4 Å². The molecule has 0 saturated heterocycles. The van der Waals surface area contributed by atoms with Gasteiger partial charge in [-0.3, -0.25) is 0 Å². The van der Waals surface area contributed by atoms with Crippen LogP contribution in [0.2, 0.25) is 0 Å². The summed E-state index contributed by atoms with van der Waals surface area (Å²) in [6.45, 7) is 6.24. The third-order valence-corrected chi connectivity index (χ3v) is 3.20. The molecule has 1 aromatic carbocycles. The van der Waals surface area contributed by atoms with Crippen LogP contribution in [0.3, 0.4) is 0 Å². The minimum atomic E-state index is 0.261. The fourth-order valence-electron chi connectivity index (χ4n) is 2.09. The Balaban J connectivity index is 2.07. The van der Waals surface area contributed by atoms with Crippen LogP contribution in [-0.2, 0) is 0 Å². The average Bonchev–Trinajstić information content (AvgIpc) is 2.16. The van der Waals surface area contributed by atoms with Crippen LogP contribution in [0.4, 0.5) is 0 Å². The normalized spacial score (nSPS) is 24.0. The lowest BCUT2D eigenvalue weighted by atomic mass is 9.70. The molecule has 1 aliphatic carbocycles. The number of benzene rings is 1. The van der Waals surface area contributed by atoms with Crippen molar-refractivity contribution in [2.75, 3.05) is 0 Å². The first-order valence-electron chi connectivity index (χ1n) is 5.36. The predicted octanol–water partition coefficient (Wildman–Crippen LogP) is 3.56. The Kier molecular flexibility index (Phi) is 2.60. The van der Waals surface area contributed by atoms with Crippen LogP contribution in [0.5, 0.6) is 0 Å². The number of hydrogen-bond acceptors (Lipinski definition) is 1. The fraction of sp³-hybridized carbons (Fsp3) is 0.357. The Morgan fingerprint density at radius 3 is 2.80 bits per heavy atom. The molecule has 0 heterocycles. The van der Waals surface area contributed by atoms with Crippen molar-refractivity contribution in [3.8, 4) is 6.07 Å². The second-order valence-electron chi connectivity index (χ2n) is 4.39. The van der Waals surface area contributed by atoms with Gasteiger partial charge < -0.3 is 0 Å². The smallest absolute Gasteiger partial charge is 0.0656 e. The summed E-state index contributed by atoms with van der Waals surface area (Å²) in [5.41, 5.74) is 3.70. The molecule has 0 bridgehead atoms. The molecular weight excluding hydrogens is 182 g/mol. The van der Waals surface area contributed by atoms with Crippen molar-refractivity contribution >= 4 is 5.57 Å². The van der Waals surface area contributed by atoms with Crippen LogP contribution in [-0.4, -0.2) is 0 Å². The summed E-state index contributed by atoms with van der Waals surface area (Å²) in [4.78, 5) is 0. The Morgan fingerprint density at radius 2 is 2.20 bits per heavy atom. The predicted molar refractivity (Wildman–Crippen MR) is 62.0 cm³/mol. The van der Waals surface area contributed by atoms with Gasteiger partial charge in [-0.25, -0.2) is 0 Å². The molecule has 1 fully saturated rings. The maximum atomic E-state index is 8.72. The molecule has 0 aliphatic heterocycles. The van der Waals surface area contributed by atoms with Crippen LogP contribution in [0.1, 0.15) is 24.0 Å². The number of nitrogens with zero attached hydrogens (tertiary/aromatic N) is 1. The zero-order chi connectivity index (χ0) is 10.8. The lowest BCUT2D eigenvalue weighted by molar-refractivity contribution is 0.314. The summed E-state index contributed by atoms with van der Waals surface area (Å²) in [6.07, 6.45) is 1.98. The summed E-state index contributed by atoms with van der Waals surface area (Å²) in [6, 6.07) is 10.7. The highest BCUT2D eigenvalue weighted by Gasteiger charge is 2.31. The number of aryl methyl sites for hydroxylation is 1. The van der Waals surface area contributed by atoms with Crippen molar-refractivity contribution in [3.05, 3.63) is 42.0 Å². The Bertz CT molecular complexity index is 419. The van der Waals surface area contributed by atoms with Gasteiger partial charge in [-0.05, 0) is 36.8 Å². The number of rotatable bonds is 2. The molecule has 76 valence electrons. The Morgan fingerprint density at radius 1 is 1.47 bits per heavy atom. The molecule has 0 atom stereocenters. The number of hydrogen-bond donors (Lipinski definition) is 0. The maximum Gasteiger partial charge on any atom is 0.0656 e. The topological polar surface area (TPSA) is 23.8 Å². The zero-order valence-corrected chi connectivity index (χ0v) is 9.03. The Labute approximate surface area is 91.0 Å². The quantitative estimate of drug-likeness (QED) is 0.711. The second kappa shape index (κ2) is 3.90. The van der Waals surface area contributed by atoms with E-state index in [-0.39, 0.29) is 5.92 Å². The SMILES string of the molecule is C=C(c1cccc(C)c1)C1CC(C#N)C1. The third kappa shape index (κ3) is 1.94. The molecule has 1 heteroatoms. The average molecular weight is 197 g/mol. The summed E-state index contributed by atoms with van der Waals surface area (Å²) in [5.74, 6) is 0.785. The van der Waals surface area contributed by atoms with Crippen molar-refractivity contribution < 1.29 is 0 Å². The van der Waals surface area contributed by atoms with E-state index in [1.54, 1.807) is 0 Å². The molecule has 1 aliphatic rings. The molecule has 0 aromatic heterocycles. The molecule has 15 heavy (non-hydrogen) atoms. The van der Waals surface area contributed by atoms with Crippen molar-refractivity contribution in [2.45, 2.75) is 19.8 Å². The van der Waals surface area contributed by atoms with E-state index in [2.05, 4.69) is 43.8 Å². The van der Waals surface area contributed by atoms with E-state index in [9.17, 15) is 0 Å². The molecule has 0 N–H and O–H groups in total. The number of allylic oxidation sites excluding steroid dienone is 1. The van der Waals surface area contributed by atoms with Crippen molar-refractivity contribution in [1.82, 2.24) is 0 Å². The molecule has 1 aromatic rings. The number of nitriles is 1. The van der Waals surface area contributed by atoms with E-state index < -0.39 is 0 Å². The van der Waals surface area contributed by atoms with Crippen LogP contribution in [0, 0.1) is 30.1 Å². The highest BCUT2D eigenvalue weighted by molar-refractivity contribution is 5.66. The highest BCUT2D eigenvalue weighted by Crippen LogP contribution is 2.41. The third-order valence-electron chi connectivity index (χ3n) is 3.20. The lowest BCUT2D eigenvalue weighted by Crippen LogP contribution is -2.22. The van der Waals surface area contributed by atoms with Crippen molar-refractivity contribution in [2.24, 2.45) is 11.8 Å². The van der Waals surface area contributed by atoms with E-state index >= 15 is 0 Å². The van der Waals surface area contributed by atoms with E-state index in [0.717, 1.165) is 12.8 Å². The zero-order valence-electron chi connectivity index (χ0n) is 9.03. The van der Waals surface area contributed by atoms with Crippen LogP contribution in [0.25, 0.3) is 5.57 Å². The Hall–Kier alpha value is -1.55. The van der Waals surface area contributed by atoms with E-state index in [0.29, 0.717) is 5.92 Å². The minimum Gasteiger partial charge on any atom is -0.198 e. The molecule has 2 rings (SSSR count). The van der Waals surface area contributed by atoms with Gasteiger partial charge in [0.15, 0.2) is 0 Å². The van der Waals surface area contributed by atoms with Crippen LogP contribution < -0.4 is 0 Å². The fourth-order valence-corrected chi connectivity index (χ4v) is 2.09. The largest absolute Gasteiger partial charge is 0.198 e. The van der Waals surface area contributed by atoms with Gasteiger partial charge in [0.1, 0.15) is 0 Å². The van der Waals surface area contributed by atoms with Gasteiger partial charge in [0.05, 0.1) is 6.07 Å². The van der Waals surface area contributed by atoms with Gasteiger partial charge in [0.25, 0.3) is 0 Å². The molecule has 0 unspecified atom stereocenters. The molecule has 0 radical (unpaired) electrons. The summed E-state index contributed by atoms with van der Waals surface area (Å²) in [5, 5.41) is 8.72.